The van der Waals surface area contributed by atoms with E-state index < -0.39 is 0 Å². The number of ether oxygens (including phenoxy) is 1. The van der Waals surface area contributed by atoms with Crippen molar-refractivity contribution in [1.29, 1.82) is 0 Å². The van der Waals surface area contributed by atoms with Crippen molar-refractivity contribution in [3.05, 3.63) is 35.4 Å². The zero-order valence-electron chi connectivity index (χ0n) is 17.2. The van der Waals surface area contributed by atoms with Gasteiger partial charge >= 0.3 is 0 Å². The molecule has 2 amide bonds. The van der Waals surface area contributed by atoms with Gasteiger partial charge < -0.3 is 15.0 Å². The quantitative estimate of drug-likeness (QED) is 0.692. The minimum atomic E-state index is -0.128. The molecule has 3 rings (SSSR count). The molecule has 0 aromatic heterocycles. The van der Waals surface area contributed by atoms with Crippen LogP contribution in [0.5, 0.6) is 0 Å². The molecule has 6 heteroatoms. The van der Waals surface area contributed by atoms with Crippen LogP contribution in [-0.4, -0.2) is 67.6 Å². The minimum absolute atomic E-state index is 0.0741. The van der Waals surface area contributed by atoms with Crippen molar-refractivity contribution in [2.75, 3.05) is 39.9 Å². The molecule has 2 atom stereocenters. The van der Waals surface area contributed by atoms with Crippen LogP contribution in [0.1, 0.15) is 37.3 Å². The van der Waals surface area contributed by atoms with Gasteiger partial charge in [-0.15, -0.1) is 0 Å². The summed E-state index contributed by atoms with van der Waals surface area (Å²) in [6.45, 7) is 6.79. The van der Waals surface area contributed by atoms with Gasteiger partial charge in [0, 0.05) is 52.3 Å². The molecule has 1 saturated heterocycles. The number of fused-ring (bicyclic) bond motifs is 1. The van der Waals surface area contributed by atoms with E-state index in [9.17, 15) is 9.59 Å². The maximum atomic E-state index is 12.7. The van der Waals surface area contributed by atoms with Gasteiger partial charge in [0.1, 0.15) is 0 Å². The summed E-state index contributed by atoms with van der Waals surface area (Å²) >= 11 is 0. The number of rotatable bonds is 8. The van der Waals surface area contributed by atoms with Gasteiger partial charge in [0.05, 0.1) is 12.5 Å². The Morgan fingerprint density at radius 3 is 2.79 bits per heavy atom. The van der Waals surface area contributed by atoms with Crippen molar-refractivity contribution in [3.63, 3.8) is 0 Å². The second-order valence-electron chi connectivity index (χ2n) is 7.91. The largest absolute Gasteiger partial charge is 0.383 e. The second kappa shape index (κ2) is 10.0. The van der Waals surface area contributed by atoms with Crippen molar-refractivity contribution in [2.45, 2.75) is 45.2 Å². The first-order chi connectivity index (χ1) is 13.6. The highest BCUT2D eigenvalue weighted by Crippen LogP contribution is 2.24. The number of carbonyl (C=O) groups excluding carboxylic acids is 2. The average Bonchev–Trinajstić information content (AvgIpc) is 2.71. The Hall–Kier alpha value is -1.92. The van der Waals surface area contributed by atoms with Gasteiger partial charge in [-0.1, -0.05) is 24.3 Å². The second-order valence-corrected chi connectivity index (χ2v) is 7.91. The van der Waals surface area contributed by atoms with Gasteiger partial charge in [-0.3, -0.25) is 14.5 Å². The molecule has 1 N–H and O–H groups in total. The lowest BCUT2D eigenvalue weighted by Gasteiger charge is -2.38. The van der Waals surface area contributed by atoms with Crippen LogP contribution in [0.15, 0.2) is 24.3 Å². The highest BCUT2D eigenvalue weighted by Gasteiger charge is 2.36. The summed E-state index contributed by atoms with van der Waals surface area (Å²) in [6, 6.07) is 8.58. The summed E-state index contributed by atoms with van der Waals surface area (Å²) in [5, 5.41) is 3.10. The molecule has 1 aromatic rings. The summed E-state index contributed by atoms with van der Waals surface area (Å²) in [5.41, 5.74) is 2.89. The van der Waals surface area contributed by atoms with Crippen LogP contribution in [0.4, 0.5) is 0 Å². The van der Waals surface area contributed by atoms with Gasteiger partial charge in [-0.05, 0) is 37.3 Å². The number of methoxy groups -OCH3 is 1. The number of piperidine rings is 1. The number of likely N-dealkylation sites (tertiary alicyclic amines) is 1. The lowest BCUT2D eigenvalue weighted by Crippen LogP contribution is -2.52. The lowest BCUT2D eigenvalue weighted by atomic mass is 9.89. The van der Waals surface area contributed by atoms with E-state index >= 15 is 0 Å². The van der Waals surface area contributed by atoms with Crippen molar-refractivity contribution < 1.29 is 14.3 Å². The maximum Gasteiger partial charge on any atom is 0.225 e. The Morgan fingerprint density at radius 1 is 1.21 bits per heavy atom. The fourth-order valence-electron chi connectivity index (χ4n) is 4.37. The van der Waals surface area contributed by atoms with E-state index in [1.54, 1.807) is 12.0 Å². The van der Waals surface area contributed by atoms with Gasteiger partial charge in [-0.25, -0.2) is 0 Å². The van der Waals surface area contributed by atoms with E-state index in [0.717, 1.165) is 32.5 Å². The van der Waals surface area contributed by atoms with E-state index in [0.29, 0.717) is 32.5 Å². The van der Waals surface area contributed by atoms with Gasteiger partial charge in [0.25, 0.3) is 0 Å². The molecule has 0 unspecified atom stereocenters. The molecular weight excluding hydrogens is 354 g/mol. The van der Waals surface area contributed by atoms with Crippen LogP contribution >= 0.6 is 0 Å². The summed E-state index contributed by atoms with van der Waals surface area (Å²) in [6.07, 6.45) is 3.13. The third kappa shape index (κ3) is 5.11. The van der Waals surface area contributed by atoms with Crippen LogP contribution in [0.3, 0.4) is 0 Å². The average molecular weight is 388 g/mol. The number of hydrogen-bond donors (Lipinski definition) is 1. The van der Waals surface area contributed by atoms with Gasteiger partial charge in [0.2, 0.25) is 11.8 Å². The molecule has 0 spiro atoms. The first kappa shape index (κ1) is 20.8. The molecule has 154 valence electrons. The van der Waals surface area contributed by atoms with Crippen LogP contribution in [0.2, 0.25) is 0 Å². The molecule has 2 aliphatic heterocycles. The predicted octanol–water partition coefficient (Wildman–Crippen LogP) is 1.82. The normalized spacial score (nSPS) is 22.8. The number of carbonyl (C=O) groups is 2. The molecule has 0 aliphatic carbocycles. The minimum Gasteiger partial charge on any atom is -0.383 e. The molecular formula is C22H33N3O3. The fraction of sp³-hybridized carbons (Fsp3) is 0.636. The van der Waals surface area contributed by atoms with Crippen molar-refractivity contribution in [2.24, 2.45) is 5.92 Å². The zero-order chi connectivity index (χ0) is 19.9. The van der Waals surface area contributed by atoms with E-state index in [1.807, 2.05) is 6.92 Å². The highest BCUT2D eigenvalue weighted by atomic mass is 16.5. The summed E-state index contributed by atoms with van der Waals surface area (Å²) in [4.78, 5) is 29.0. The molecule has 28 heavy (non-hydrogen) atoms. The smallest absolute Gasteiger partial charge is 0.225 e. The Labute approximate surface area is 168 Å². The Kier molecular flexibility index (Phi) is 7.45. The summed E-state index contributed by atoms with van der Waals surface area (Å²) < 4.78 is 5.10. The Bertz CT molecular complexity index is 679. The fourth-order valence-corrected chi connectivity index (χ4v) is 4.37. The third-order valence-corrected chi connectivity index (χ3v) is 6.10. The van der Waals surface area contributed by atoms with Crippen LogP contribution in [0, 0.1) is 5.92 Å². The molecule has 6 nitrogen and oxygen atoms in total. The number of amides is 2. The van der Waals surface area contributed by atoms with Crippen LogP contribution in [0.25, 0.3) is 0 Å². The standard InChI is InChI=1S/C22H33N3O3/c1-17-20(8-9-21(26)25(17)14-15-28-2)22(27)23-11-5-12-24-13-10-18-6-3-4-7-19(18)16-24/h3-4,6-7,17,20H,5,8-16H2,1-2H3,(H,23,27)/t17-,20-/m1/s1. The van der Waals surface area contributed by atoms with Crippen molar-refractivity contribution >= 4 is 11.8 Å². The summed E-state index contributed by atoms with van der Waals surface area (Å²) in [5.74, 6) is 0.0711. The number of benzene rings is 1. The molecule has 1 aromatic carbocycles. The first-order valence-corrected chi connectivity index (χ1v) is 10.5. The highest BCUT2D eigenvalue weighted by molar-refractivity contribution is 5.84. The number of nitrogens with one attached hydrogen (secondary N) is 1. The molecule has 1 fully saturated rings. The van der Waals surface area contributed by atoms with Crippen molar-refractivity contribution in [1.82, 2.24) is 15.1 Å². The van der Waals surface area contributed by atoms with Crippen molar-refractivity contribution in [3.8, 4) is 0 Å². The van der Waals surface area contributed by atoms with Gasteiger partial charge in [0.15, 0.2) is 0 Å². The van der Waals surface area contributed by atoms with Crippen LogP contribution < -0.4 is 5.32 Å². The lowest BCUT2D eigenvalue weighted by molar-refractivity contribution is -0.143. The molecule has 2 aliphatic rings. The monoisotopic (exact) mass is 387 g/mol. The maximum absolute atomic E-state index is 12.7. The topological polar surface area (TPSA) is 61.9 Å². The molecule has 0 bridgehead atoms. The SMILES string of the molecule is COCCN1C(=O)CC[C@@H](C(=O)NCCCN2CCc3ccccc3C2)[C@H]1C. The summed E-state index contributed by atoms with van der Waals surface area (Å²) in [7, 11) is 1.63. The Balaban J connectivity index is 1.40. The Morgan fingerprint density at radius 2 is 2.00 bits per heavy atom. The third-order valence-electron chi connectivity index (χ3n) is 6.10. The van der Waals surface area contributed by atoms with E-state index in [1.165, 1.54) is 11.1 Å². The molecule has 0 radical (unpaired) electrons. The van der Waals surface area contributed by atoms with E-state index in [4.69, 9.17) is 4.74 Å². The number of nitrogens with zero attached hydrogens (tertiary/aromatic N) is 2. The number of hydrogen-bond acceptors (Lipinski definition) is 4. The van der Waals surface area contributed by atoms with E-state index in [-0.39, 0.29) is 23.8 Å². The molecule has 2 heterocycles. The zero-order valence-corrected chi connectivity index (χ0v) is 17.2. The van der Waals surface area contributed by atoms with E-state index in [2.05, 4.69) is 34.5 Å². The van der Waals surface area contributed by atoms with Crippen LogP contribution in [-0.2, 0) is 27.3 Å². The van der Waals surface area contributed by atoms with Gasteiger partial charge in [-0.2, -0.15) is 0 Å². The predicted molar refractivity (Wildman–Crippen MR) is 109 cm³/mol. The molecule has 0 saturated carbocycles. The first-order valence-electron chi connectivity index (χ1n) is 10.5.